The number of alkyl halides is 2. The summed E-state index contributed by atoms with van der Waals surface area (Å²) in [5.41, 5.74) is 7.96. The van der Waals surface area contributed by atoms with E-state index in [4.69, 9.17) is 34.0 Å². The standard InChI is InChI=1S/C16H22Cl2N2O3/c1-11-2-3-13(20(6-4-17)7-5-18)10-14(11)15(21)8-12(19)9-16(22)23/h2-3,10,12H,4-9,19H2,1H3,(H,22,23). The van der Waals surface area contributed by atoms with Gasteiger partial charge in [-0.15, -0.1) is 23.2 Å². The molecule has 0 heterocycles. The maximum absolute atomic E-state index is 12.4. The summed E-state index contributed by atoms with van der Waals surface area (Å²) in [6, 6.07) is 4.89. The lowest BCUT2D eigenvalue weighted by Gasteiger charge is -2.24. The average Bonchev–Trinajstić information content (AvgIpc) is 2.46. The Bertz CT molecular complexity index is 546. The Labute approximate surface area is 146 Å². The van der Waals surface area contributed by atoms with Crippen molar-refractivity contribution >= 4 is 40.6 Å². The van der Waals surface area contributed by atoms with Gasteiger partial charge in [-0.2, -0.15) is 0 Å². The van der Waals surface area contributed by atoms with E-state index in [-0.39, 0.29) is 18.6 Å². The number of nitrogens with zero attached hydrogens (tertiary/aromatic N) is 1. The Morgan fingerprint density at radius 2 is 1.83 bits per heavy atom. The highest BCUT2D eigenvalue weighted by Gasteiger charge is 2.17. The van der Waals surface area contributed by atoms with Crippen molar-refractivity contribution in [3.8, 4) is 0 Å². The minimum Gasteiger partial charge on any atom is -0.481 e. The van der Waals surface area contributed by atoms with Crippen LogP contribution in [0.2, 0.25) is 0 Å². The van der Waals surface area contributed by atoms with Gasteiger partial charge in [0.25, 0.3) is 0 Å². The van der Waals surface area contributed by atoms with Crippen molar-refractivity contribution in [3.63, 3.8) is 0 Å². The quantitative estimate of drug-likeness (QED) is 0.495. The summed E-state index contributed by atoms with van der Waals surface area (Å²) in [5.74, 6) is -0.254. The van der Waals surface area contributed by atoms with Crippen LogP contribution in [0.1, 0.15) is 28.8 Å². The molecule has 23 heavy (non-hydrogen) atoms. The second kappa shape index (κ2) is 9.75. The number of carbonyl (C=O) groups is 2. The first-order chi connectivity index (χ1) is 10.9. The number of anilines is 1. The van der Waals surface area contributed by atoms with Crippen LogP contribution in [-0.4, -0.2) is 47.8 Å². The Morgan fingerprint density at radius 1 is 1.22 bits per heavy atom. The fraction of sp³-hybridized carbons (Fsp3) is 0.500. The van der Waals surface area contributed by atoms with Crippen LogP contribution < -0.4 is 10.6 Å². The van der Waals surface area contributed by atoms with Gasteiger partial charge in [0.15, 0.2) is 5.78 Å². The number of benzene rings is 1. The molecule has 1 rings (SSSR count). The second-order valence-electron chi connectivity index (χ2n) is 5.35. The summed E-state index contributed by atoms with van der Waals surface area (Å²) < 4.78 is 0. The zero-order chi connectivity index (χ0) is 17.4. The van der Waals surface area contributed by atoms with Crippen molar-refractivity contribution in [2.75, 3.05) is 29.7 Å². The summed E-state index contributed by atoms with van der Waals surface area (Å²) in [5, 5.41) is 8.73. The Morgan fingerprint density at radius 3 is 2.35 bits per heavy atom. The van der Waals surface area contributed by atoms with Gasteiger partial charge in [-0.1, -0.05) is 6.07 Å². The fourth-order valence-electron chi connectivity index (χ4n) is 2.33. The van der Waals surface area contributed by atoms with Crippen molar-refractivity contribution in [2.45, 2.75) is 25.8 Å². The van der Waals surface area contributed by atoms with Crippen LogP contribution in [-0.2, 0) is 4.79 Å². The molecule has 1 unspecified atom stereocenters. The summed E-state index contributed by atoms with van der Waals surface area (Å²) in [6.45, 7) is 3.10. The second-order valence-corrected chi connectivity index (χ2v) is 6.11. The zero-order valence-corrected chi connectivity index (χ0v) is 14.6. The van der Waals surface area contributed by atoms with Crippen molar-refractivity contribution in [3.05, 3.63) is 29.3 Å². The third kappa shape index (κ3) is 6.37. The van der Waals surface area contributed by atoms with E-state index in [1.54, 1.807) is 6.07 Å². The van der Waals surface area contributed by atoms with E-state index in [0.717, 1.165) is 11.3 Å². The molecule has 0 aliphatic carbocycles. The number of nitrogens with two attached hydrogens (primary N) is 1. The minimum absolute atomic E-state index is 0.00159. The van der Waals surface area contributed by atoms with Gasteiger partial charge in [0, 0.05) is 48.6 Å². The third-order valence-corrected chi connectivity index (χ3v) is 3.82. The molecule has 0 bridgehead atoms. The summed E-state index contributed by atoms with van der Waals surface area (Å²) in [7, 11) is 0. The minimum atomic E-state index is -1.01. The number of aryl methyl sites for hydroxylation is 1. The number of rotatable bonds is 10. The highest BCUT2D eigenvalue weighted by Crippen LogP contribution is 2.21. The van der Waals surface area contributed by atoms with Gasteiger partial charge >= 0.3 is 5.97 Å². The number of hydrogen-bond donors (Lipinski definition) is 2. The van der Waals surface area contributed by atoms with Crippen molar-refractivity contribution < 1.29 is 14.7 Å². The van der Waals surface area contributed by atoms with Crippen LogP contribution in [0.15, 0.2) is 18.2 Å². The van der Waals surface area contributed by atoms with Gasteiger partial charge in [0.2, 0.25) is 0 Å². The molecule has 0 aliphatic rings. The first kappa shape index (κ1) is 19.7. The van der Waals surface area contributed by atoms with Crippen molar-refractivity contribution in [2.24, 2.45) is 5.73 Å². The van der Waals surface area contributed by atoms with E-state index in [0.29, 0.717) is 30.4 Å². The third-order valence-electron chi connectivity index (χ3n) is 3.48. The Kier molecular flexibility index (Phi) is 8.37. The zero-order valence-electron chi connectivity index (χ0n) is 13.1. The topological polar surface area (TPSA) is 83.6 Å². The van der Waals surface area contributed by atoms with E-state index in [1.807, 2.05) is 24.0 Å². The van der Waals surface area contributed by atoms with E-state index < -0.39 is 12.0 Å². The maximum atomic E-state index is 12.4. The highest BCUT2D eigenvalue weighted by molar-refractivity contribution is 6.18. The van der Waals surface area contributed by atoms with Gasteiger partial charge in [-0.3, -0.25) is 9.59 Å². The largest absolute Gasteiger partial charge is 0.481 e. The van der Waals surface area contributed by atoms with Crippen LogP contribution in [0.4, 0.5) is 5.69 Å². The molecular weight excluding hydrogens is 339 g/mol. The first-order valence-electron chi connectivity index (χ1n) is 7.37. The number of carboxylic acid groups (broad SMARTS) is 1. The van der Waals surface area contributed by atoms with Gasteiger partial charge in [-0.25, -0.2) is 0 Å². The molecule has 0 amide bonds. The summed E-state index contributed by atoms with van der Waals surface area (Å²) >= 11 is 11.6. The number of ketones is 1. The van der Waals surface area contributed by atoms with Crippen molar-refractivity contribution in [1.29, 1.82) is 0 Å². The number of aliphatic carboxylic acids is 1. The molecule has 128 valence electrons. The number of Topliss-reactive ketones (excluding diaryl/α,β-unsaturated/α-hetero) is 1. The van der Waals surface area contributed by atoms with Crippen LogP contribution in [0.25, 0.3) is 0 Å². The van der Waals surface area contributed by atoms with Crippen LogP contribution in [0, 0.1) is 6.92 Å². The normalized spacial score (nSPS) is 12.0. The maximum Gasteiger partial charge on any atom is 0.304 e. The van der Waals surface area contributed by atoms with Crippen molar-refractivity contribution in [1.82, 2.24) is 0 Å². The fourth-order valence-corrected chi connectivity index (χ4v) is 2.73. The molecule has 0 aliphatic heterocycles. The monoisotopic (exact) mass is 360 g/mol. The first-order valence-corrected chi connectivity index (χ1v) is 8.44. The van der Waals surface area contributed by atoms with E-state index in [2.05, 4.69) is 0 Å². The Balaban J connectivity index is 2.95. The smallest absolute Gasteiger partial charge is 0.304 e. The van der Waals surface area contributed by atoms with Gasteiger partial charge in [-0.05, 0) is 24.6 Å². The molecule has 3 N–H and O–H groups in total. The molecule has 1 atom stereocenters. The SMILES string of the molecule is Cc1ccc(N(CCCl)CCCl)cc1C(=O)CC(N)CC(=O)O. The molecular formula is C16H22Cl2N2O3. The van der Waals surface area contributed by atoms with Gasteiger partial charge in [0.1, 0.15) is 0 Å². The number of hydrogen-bond acceptors (Lipinski definition) is 4. The average molecular weight is 361 g/mol. The lowest BCUT2D eigenvalue weighted by molar-refractivity contribution is -0.137. The number of halogens is 2. The predicted molar refractivity (Wildman–Crippen MR) is 94.0 cm³/mol. The molecule has 5 nitrogen and oxygen atoms in total. The lowest BCUT2D eigenvalue weighted by Crippen LogP contribution is -2.29. The molecule has 0 aromatic heterocycles. The number of carbonyl (C=O) groups excluding carboxylic acids is 1. The molecule has 1 aromatic rings. The molecule has 7 heteroatoms. The Hall–Kier alpha value is -1.30. The molecule has 0 fully saturated rings. The van der Waals surface area contributed by atoms with E-state index >= 15 is 0 Å². The predicted octanol–water partition coefficient (Wildman–Crippen LogP) is 2.65. The molecule has 0 spiro atoms. The van der Waals surface area contributed by atoms with Crippen LogP contribution in [0.5, 0.6) is 0 Å². The molecule has 0 saturated carbocycles. The lowest BCUT2D eigenvalue weighted by atomic mass is 9.97. The summed E-state index contributed by atoms with van der Waals surface area (Å²) in [4.78, 5) is 25.1. The van der Waals surface area contributed by atoms with Crippen LogP contribution in [0.3, 0.4) is 0 Å². The van der Waals surface area contributed by atoms with Gasteiger partial charge in [0.05, 0.1) is 6.42 Å². The number of carboxylic acids is 1. The van der Waals surface area contributed by atoms with Crippen LogP contribution >= 0.6 is 23.2 Å². The molecule has 0 radical (unpaired) electrons. The van der Waals surface area contributed by atoms with E-state index in [9.17, 15) is 9.59 Å². The molecule has 1 aromatic carbocycles. The molecule has 0 saturated heterocycles. The highest BCUT2D eigenvalue weighted by atomic mass is 35.5. The summed E-state index contributed by atoms with van der Waals surface area (Å²) in [6.07, 6.45) is -0.225. The van der Waals surface area contributed by atoms with Gasteiger partial charge < -0.3 is 15.7 Å². The van der Waals surface area contributed by atoms with E-state index in [1.165, 1.54) is 0 Å².